The fraction of sp³-hybridized carbons (Fsp3) is 0. The molecule has 0 spiro atoms. The Labute approximate surface area is 120 Å². The Bertz CT molecular complexity index is 443. The van der Waals surface area contributed by atoms with Gasteiger partial charge in [0.15, 0.2) is 0 Å². The quantitative estimate of drug-likeness (QED) is 0.346. The van der Waals surface area contributed by atoms with Crippen molar-refractivity contribution in [2.45, 2.75) is 0 Å². The van der Waals surface area contributed by atoms with E-state index in [9.17, 15) is 0 Å². The van der Waals surface area contributed by atoms with Crippen LogP contribution in [0.15, 0.2) is 36.4 Å². The van der Waals surface area contributed by atoms with E-state index in [0.29, 0.717) is 0 Å². The van der Waals surface area contributed by atoms with E-state index in [-0.39, 0.29) is 51.4 Å². The fourth-order valence-corrected chi connectivity index (χ4v) is 1.77. The van der Waals surface area contributed by atoms with Gasteiger partial charge in [-0.05, 0) is 0 Å². The molecular formula is C12H7K. The molecule has 2 aromatic carbocycles. The summed E-state index contributed by atoms with van der Waals surface area (Å²) in [5, 5.41) is 2.66. The zero-order chi connectivity index (χ0) is 7.97. The summed E-state index contributed by atoms with van der Waals surface area (Å²) in [5.41, 5.74) is 2.52. The van der Waals surface area contributed by atoms with Gasteiger partial charge in [0.2, 0.25) is 0 Å². The van der Waals surface area contributed by atoms with E-state index in [1.807, 2.05) is 0 Å². The van der Waals surface area contributed by atoms with Crippen LogP contribution in [0.4, 0.5) is 0 Å². The van der Waals surface area contributed by atoms with Crippen LogP contribution in [0.2, 0.25) is 0 Å². The Morgan fingerprint density at radius 2 is 1.69 bits per heavy atom. The fourth-order valence-electron chi connectivity index (χ4n) is 1.77. The third-order valence-corrected chi connectivity index (χ3v) is 2.32. The van der Waals surface area contributed by atoms with Crippen LogP contribution >= 0.6 is 0 Å². The standard InChI is InChI=1S/C12H7.K/c1-3-9-4-2-6-11-8-7-10(5-1)12(9)11;/h1-7H;/q-1;+1. The van der Waals surface area contributed by atoms with E-state index in [4.69, 9.17) is 0 Å². The number of rotatable bonds is 0. The van der Waals surface area contributed by atoms with Crippen molar-refractivity contribution in [1.29, 1.82) is 0 Å². The molecule has 3 rings (SSSR count). The normalized spacial score (nSPS) is 11.7. The van der Waals surface area contributed by atoms with Gasteiger partial charge in [-0.1, -0.05) is 23.6 Å². The van der Waals surface area contributed by atoms with Gasteiger partial charge in [-0.2, -0.15) is 5.56 Å². The summed E-state index contributed by atoms with van der Waals surface area (Å²) in [7, 11) is 0. The van der Waals surface area contributed by atoms with Crippen LogP contribution < -0.4 is 51.4 Å². The maximum absolute atomic E-state index is 3.25. The molecule has 0 radical (unpaired) electrons. The van der Waals surface area contributed by atoms with Gasteiger partial charge in [-0.3, -0.25) is 0 Å². The van der Waals surface area contributed by atoms with Crippen molar-refractivity contribution in [1.82, 2.24) is 0 Å². The van der Waals surface area contributed by atoms with Crippen LogP contribution in [0.5, 0.6) is 0 Å². The smallest absolute Gasteiger partial charge is 0.151 e. The predicted octanol–water partition coefficient (Wildman–Crippen LogP) is 0.0219. The molecule has 0 amide bonds. The van der Waals surface area contributed by atoms with Crippen molar-refractivity contribution < 1.29 is 51.4 Å². The van der Waals surface area contributed by atoms with Gasteiger partial charge in [-0.25, -0.2) is 0 Å². The summed E-state index contributed by atoms with van der Waals surface area (Å²) in [6.07, 6.45) is 5.30. The molecule has 0 aromatic heterocycles. The number of hydrogen-bond donors (Lipinski definition) is 0. The van der Waals surface area contributed by atoms with E-state index >= 15 is 0 Å². The molecule has 0 saturated carbocycles. The molecule has 56 valence electrons. The van der Waals surface area contributed by atoms with E-state index < -0.39 is 0 Å². The molecule has 0 nitrogen and oxygen atoms in total. The van der Waals surface area contributed by atoms with Crippen LogP contribution in [0.1, 0.15) is 11.1 Å². The Hall–Kier alpha value is 0.0764. The number of benzene rings is 2. The van der Waals surface area contributed by atoms with Crippen LogP contribution in [0.3, 0.4) is 0 Å². The second-order valence-electron chi connectivity index (χ2n) is 3.04. The third-order valence-electron chi connectivity index (χ3n) is 2.32. The second kappa shape index (κ2) is 3.68. The van der Waals surface area contributed by atoms with Crippen LogP contribution in [0.25, 0.3) is 16.8 Å². The number of hydrogen-bond acceptors (Lipinski definition) is 0. The summed E-state index contributed by atoms with van der Waals surface area (Å²) in [6.45, 7) is 0. The monoisotopic (exact) mass is 190 g/mol. The van der Waals surface area contributed by atoms with Gasteiger partial charge < -0.3 is 0 Å². The van der Waals surface area contributed by atoms with Crippen molar-refractivity contribution in [3.63, 3.8) is 0 Å². The molecule has 0 fully saturated rings. The van der Waals surface area contributed by atoms with Gasteiger partial charge in [0.05, 0.1) is 0 Å². The van der Waals surface area contributed by atoms with Crippen molar-refractivity contribution >= 4 is 16.8 Å². The molecule has 0 unspecified atom stereocenters. The predicted molar refractivity (Wildman–Crippen MR) is 50.8 cm³/mol. The average molecular weight is 190 g/mol. The molecule has 0 bridgehead atoms. The molecule has 0 heterocycles. The van der Waals surface area contributed by atoms with E-state index in [1.165, 1.54) is 21.9 Å². The Balaban J connectivity index is 0.000000653. The summed E-state index contributed by atoms with van der Waals surface area (Å²) in [6, 6.07) is 12.7. The first-order valence-electron chi connectivity index (χ1n) is 4.07. The summed E-state index contributed by atoms with van der Waals surface area (Å²) in [5.74, 6) is 0. The zero-order valence-corrected chi connectivity index (χ0v) is 10.7. The summed E-state index contributed by atoms with van der Waals surface area (Å²) >= 11 is 0. The Morgan fingerprint density at radius 1 is 0.923 bits per heavy atom. The second-order valence-corrected chi connectivity index (χ2v) is 3.04. The molecule has 1 aliphatic rings. The minimum Gasteiger partial charge on any atom is -0.151 e. The minimum absolute atomic E-state index is 0. The third kappa shape index (κ3) is 1.45. The van der Waals surface area contributed by atoms with Crippen molar-refractivity contribution in [2.75, 3.05) is 0 Å². The molecule has 0 aliphatic heterocycles. The van der Waals surface area contributed by atoms with Crippen LogP contribution in [-0.4, -0.2) is 0 Å². The molecule has 1 heteroatoms. The van der Waals surface area contributed by atoms with E-state index in [0.717, 1.165) is 0 Å². The van der Waals surface area contributed by atoms with Gasteiger partial charge in [0.1, 0.15) is 0 Å². The molecule has 1 aliphatic carbocycles. The first-order valence-corrected chi connectivity index (χ1v) is 4.07. The molecule has 13 heavy (non-hydrogen) atoms. The van der Waals surface area contributed by atoms with E-state index in [2.05, 4.69) is 48.6 Å². The van der Waals surface area contributed by atoms with Gasteiger partial charge in [0.25, 0.3) is 0 Å². The maximum Gasteiger partial charge on any atom is 1.00 e. The Morgan fingerprint density at radius 3 is 2.54 bits per heavy atom. The van der Waals surface area contributed by atoms with Crippen molar-refractivity contribution in [3.05, 3.63) is 53.6 Å². The van der Waals surface area contributed by atoms with Gasteiger partial charge >= 0.3 is 51.4 Å². The average Bonchev–Trinajstić information content (AvgIpc) is 2.52. The van der Waals surface area contributed by atoms with E-state index in [1.54, 1.807) is 0 Å². The molecule has 0 saturated heterocycles. The first-order chi connectivity index (χ1) is 5.95. The summed E-state index contributed by atoms with van der Waals surface area (Å²) in [4.78, 5) is 0. The maximum atomic E-state index is 3.25. The van der Waals surface area contributed by atoms with Crippen molar-refractivity contribution in [3.8, 4) is 0 Å². The SMILES string of the molecule is [C-]1=Cc2cccc3cccc1c23.[K+]. The molecule has 0 N–H and O–H groups in total. The van der Waals surface area contributed by atoms with Gasteiger partial charge in [0, 0.05) is 0 Å². The largest absolute Gasteiger partial charge is 1.00 e. The Kier molecular flexibility index (Phi) is 2.72. The minimum atomic E-state index is 0. The van der Waals surface area contributed by atoms with Crippen LogP contribution in [-0.2, 0) is 0 Å². The zero-order valence-electron chi connectivity index (χ0n) is 7.54. The first kappa shape index (κ1) is 9.62. The summed E-state index contributed by atoms with van der Waals surface area (Å²) < 4.78 is 0. The molecular weight excluding hydrogens is 183 g/mol. The topological polar surface area (TPSA) is 0 Å². The molecule has 0 atom stereocenters. The van der Waals surface area contributed by atoms with Gasteiger partial charge in [-0.15, -0.1) is 41.3 Å². The van der Waals surface area contributed by atoms with Crippen molar-refractivity contribution in [2.24, 2.45) is 0 Å². The van der Waals surface area contributed by atoms with Crippen LogP contribution in [0, 0.1) is 6.08 Å². The molecule has 2 aromatic rings.